The fraction of sp³-hybridized carbons (Fsp3) is 0.800. The number of thioether (sulfide) groups is 1. The SMILES string of the molecule is CC[C@@H]1OC(=O)[C@H](F)S1. The second kappa shape index (κ2) is 2.56. The molecule has 1 aliphatic rings. The third kappa shape index (κ3) is 1.36. The summed E-state index contributed by atoms with van der Waals surface area (Å²) in [6.45, 7) is 1.85. The van der Waals surface area contributed by atoms with Gasteiger partial charge in [-0.3, -0.25) is 0 Å². The molecule has 1 heterocycles. The molecule has 0 unspecified atom stereocenters. The Morgan fingerprint density at radius 1 is 1.89 bits per heavy atom. The lowest BCUT2D eigenvalue weighted by Crippen LogP contribution is -2.06. The minimum atomic E-state index is -1.45. The van der Waals surface area contributed by atoms with Crippen molar-refractivity contribution in [2.45, 2.75) is 24.3 Å². The molecule has 0 spiro atoms. The van der Waals surface area contributed by atoms with Gasteiger partial charge in [0.1, 0.15) is 0 Å². The van der Waals surface area contributed by atoms with Gasteiger partial charge in [0.05, 0.1) is 0 Å². The summed E-state index contributed by atoms with van der Waals surface area (Å²) in [5, 5.41) is 0. The molecular weight excluding hydrogens is 143 g/mol. The third-order valence-corrected chi connectivity index (χ3v) is 2.20. The van der Waals surface area contributed by atoms with Gasteiger partial charge in [-0.05, 0) is 6.42 Å². The number of carbonyl (C=O) groups excluding carboxylic acids is 1. The molecule has 0 radical (unpaired) electrons. The smallest absolute Gasteiger partial charge is 0.352 e. The Morgan fingerprint density at radius 2 is 2.56 bits per heavy atom. The topological polar surface area (TPSA) is 26.3 Å². The molecule has 2 nitrogen and oxygen atoms in total. The van der Waals surface area contributed by atoms with E-state index in [2.05, 4.69) is 4.74 Å². The maximum Gasteiger partial charge on any atom is 0.352 e. The molecule has 1 aliphatic heterocycles. The maximum atomic E-state index is 12.2. The van der Waals surface area contributed by atoms with E-state index in [1.165, 1.54) is 0 Å². The predicted molar refractivity (Wildman–Crippen MR) is 32.7 cm³/mol. The number of cyclic esters (lactones) is 1. The van der Waals surface area contributed by atoms with Crippen LogP contribution in [0.5, 0.6) is 0 Å². The van der Waals surface area contributed by atoms with Gasteiger partial charge in [-0.25, -0.2) is 9.18 Å². The maximum absolute atomic E-state index is 12.2. The van der Waals surface area contributed by atoms with Crippen LogP contribution in [-0.2, 0) is 9.53 Å². The van der Waals surface area contributed by atoms with Gasteiger partial charge < -0.3 is 4.74 Å². The molecule has 0 N–H and O–H groups in total. The summed E-state index contributed by atoms with van der Waals surface area (Å²) in [6.07, 6.45) is 0.677. The van der Waals surface area contributed by atoms with E-state index in [0.29, 0.717) is 6.42 Å². The first-order valence-corrected chi connectivity index (χ1v) is 3.68. The predicted octanol–water partition coefficient (Wildman–Crippen LogP) is 1.31. The van der Waals surface area contributed by atoms with Gasteiger partial charge in [0.25, 0.3) is 0 Å². The highest BCUT2D eigenvalue weighted by Gasteiger charge is 2.33. The monoisotopic (exact) mass is 150 g/mol. The highest BCUT2D eigenvalue weighted by atomic mass is 32.2. The number of halogens is 1. The first-order valence-electron chi connectivity index (χ1n) is 2.74. The summed E-state index contributed by atoms with van der Waals surface area (Å²) in [4.78, 5) is 10.3. The lowest BCUT2D eigenvalue weighted by atomic mass is 10.5. The molecular formula is C5H7FO2S. The van der Waals surface area contributed by atoms with Crippen molar-refractivity contribution in [1.29, 1.82) is 0 Å². The van der Waals surface area contributed by atoms with Crippen LogP contribution in [0.4, 0.5) is 4.39 Å². The lowest BCUT2D eigenvalue weighted by Gasteiger charge is -2.00. The molecule has 0 aliphatic carbocycles. The van der Waals surface area contributed by atoms with Crippen molar-refractivity contribution in [1.82, 2.24) is 0 Å². The van der Waals surface area contributed by atoms with Gasteiger partial charge in [0.2, 0.25) is 5.50 Å². The van der Waals surface area contributed by atoms with Gasteiger partial charge in [0.15, 0.2) is 5.44 Å². The first kappa shape index (κ1) is 6.86. The number of ether oxygens (including phenoxy) is 1. The van der Waals surface area contributed by atoms with Crippen LogP contribution in [0.2, 0.25) is 0 Å². The second-order valence-electron chi connectivity index (χ2n) is 1.73. The molecule has 0 aromatic rings. The van der Waals surface area contributed by atoms with E-state index in [4.69, 9.17) is 0 Å². The molecule has 52 valence electrons. The molecule has 0 amide bonds. The van der Waals surface area contributed by atoms with Crippen molar-refractivity contribution in [3.63, 3.8) is 0 Å². The third-order valence-electron chi connectivity index (χ3n) is 1.04. The quantitative estimate of drug-likeness (QED) is 0.527. The van der Waals surface area contributed by atoms with E-state index < -0.39 is 11.5 Å². The zero-order valence-electron chi connectivity index (χ0n) is 4.96. The highest BCUT2D eigenvalue weighted by Crippen LogP contribution is 2.30. The molecule has 1 saturated heterocycles. The summed E-state index contributed by atoms with van der Waals surface area (Å²) in [6, 6.07) is 0. The molecule has 0 bridgehead atoms. The van der Waals surface area contributed by atoms with Crippen LogP contribution in [-0.4, -0.2) is 16.9 Å². The zero-order valence-corrected chi connectivity index (χ0v) is 5.78. The van der Waals surface area contributed by atoms with Crippen LogP contribution in [0.1, 0.15) is 13.3 Å². The van der Waals surface area contributed by atoms with E-state index in [9.17, 15) is 9.18 Å². The van der Waals surface area contributed by atoms with Gasteiger partial charge in [-0.2, -0.15) is 0 Å². The molecule has 0 saturated carbocycles. The average molecular weight is 150 g/mol. The van der Waals surface area contributed by atoms with Crippen molar-refractivity contribution in [2.75, 3.05) is 0 Å². The van der Waals surface area contributed by atoms with Crippen molar-refractivity contribution >= 4 is 17.7 Å². The Bertz CT molecular complexity index is 128. The summed E-state index contributed by atoms with van der Waals surface area (Å²) in [5.74, 6) is -0.730. The van der Waals surface area contributed by atoms with Crippen LogP contribution in [0.3, 0.4) is 0 Å². The molecule has 0 aromatic carbocycles. The number of hydrogen-bond acceptors (Lipinski definition) is 3. The number of esters is 1. The van der Waals surface area contributed by atoms with E-state index in [1.807, 2.05) is 6.92 Å². The standard InChI is InChI=1S/C5H7FO2S/c1-2-3-8-5(7)4(6)9-3/h3-4H,2H2,1H3/t3-,4-/m1/s1. The number of rotatable bonds is 1. The van der Waals surface area contributed by atoms with Gasteiger partial charge in [-0.1, -0.05) is 18.7 Å². The van der Waals surface area contributed by atoms with Crippen LogP contribution in [0, 0.1) is 0 Å². The Balaban J connectivity index is 2.44. The molecule has 1 fully saturated rings. The molecule has 0 aromatic heterocycles. The summed E-state index contributed by atoms with van der Waals surface area (Å²) < 4.78 is 16.8. The normalized spacial score (nSPS) is 34.7. The van der Waals surface area contributed by atoms with Crippen molar-refractivity contribution in [2.24, 2.45) is 0 Å². The van der Waals surface area contributed by atoms with E-state index in [-0.39, 0.29) is 5.44 Å². The van der Waals surface area contributed by atoms with Crippen molar-refractivity contribution in [3.05, 3.63) is 0 Å². The highest BCUT2D eigenvalue weighted by molar-refractivity contribution is 8.01. The molecule has 1 rings (SSSR count). The van der Waals surface area contributed by atoms with Crippen LogP contribution < -0.4 is 0 Å². The number of carbonyl (C=O) groups is 1. The summed E-state index contributed by atoms with van der Waals surface area (Å²) in [5.41, 5.74) is -1.71. The van der Waals surface area contributed by atoms with Crippen molar-refractivity contribution in [3.8, 4) is 0 Å². The fourth-order valence-corrected chi connectivity index (χ4v) is 1.36. The second-order valence-corrected chi connectivity index (χ2v) is 2.94. The zero-order chi connectivity index (χ0) is 6.85. The van der Waals surface area contributed by atoms with Crippen LogP contribution in [0.25, 0.3) is 0 Å². The Labute approximate surface area is 56.8 Å². The van der Waals surface area contributed by atoms with E-state index in [1.54, 1.807) is 0 Å². The largest absolute Gasteiger partial charge is 0.448 e. The van der Waals surface area contributed by atoms with E-state index in [0.717, 1.165) is 11.8 Å². The lowest BCUT2D eigenvalue weighted by molar-refractivity contribution is -0.145. The van der Waals surface area contributed by atoms with E-state index >= 15 is 0 Å². The fourth-order valence-electron chi connectivity index (χ4n) is 0.579. The minimum Gasteiger partial charge on any atom is -0.448 e. The van der Waals surface area contributed by atoms with Crippen LogP contribution >= 0.6 is 11.8 Å². The van der Waals surface area contributed by atoms with Gasteiger partial charge >= 0.3 is 5.97 Å². The van der Waals surface area contributed by atoms with Crippen molar-refractivity contribution < 1.29 is 13.9 Å². The Kier molecular flexibility index (Phi) is 1.95. The van der Waals surface area contributed by atoms with Gasteiger partial charge in [0, 0.05) is 0 Å². The number of alkyl halides is 1. The Morgan fingerprint density at radius 3 is 2.78 bits per heavy atom. The molecule has 2 atom stereocenters. The summed E-state index contributed by atoms with van der Waals surface area (Å²) >= 11 is 0.935. The molecule has 4 heteroatoms. The minimum absolute atomic E-state index is 0.257. The number of hydrogen-bond donors (Lipinski definition) is 0. The van der Waals surface area contributed by atoms with Crippen LogP contribution in [0.15, 0.2) is 0 Å². The molecule has 9 heavy (non-hydrogen) atoms. The summed E-state index contributed by atoms with van der Waals surface area (Å²) in [7, 11) is 0. The first-order chi connectivity index (χ1) is 4.24. The van der Waals surface area contributed by atoms with Gasteiger partial charge in [-0.15, -0.1) is 0 Å². The average Bonchev–Trinajstić information content (AvgIpc) is 2.13. The Hall–Kier alpha value is -0.250.